The van der Waals surface area contributed by atoms with E-state index in [9.17, 15) is 0 Å². The van der Waals surface area contributed by atoms with Gasteiger partial charge >= 0.3 is 0 Å². The van der Waals surface area contributed by atoms with Gasteiger partial charge in [0.2, 0.25) is 0 Å². The minimum absolute atomic E-state index is 0.150. The molecule has 2 heterocycles. The Hall–Kier alpha value is -0.810. The standard InChI is InChI=1S/C5H6N4S/c6-9-2-7-1-4-5(9)10-3-8-4/h1-3,5H,6H2. The summed E-state index contributed by atoms with van der Waals surface area (Å²) >= 11 is 1.58. The lowest BCUT2D eigenvalue weighted by atomic mass is 10.4. The molecule has 5 heteroatoms. The first-order valence-electron chi connectivity index (χ1n) is 2.82. The van der Waals surface area contributed by atoms with Crippen molar-refractivity contribution in [2.24, 2.45) is 15.8 Å². The van der Waals surface area contributed by atoms with Crippen LogP contribution in [0.3, 0.4) is 0 Å². The molecule has 2 N–H and O–H groups in total. The zero-order chi connectivity index (χ0) is 6.97. The van der Waals surface area contributed by atoms with E-state index in [1.165, 1.54) is 0 Å². The van der Waals surface area contributed by atoms with Gasteiger partial charge in [-0.3, -0.25) is 5.01 Å². The van der Waals surface area contributed by atoms with Crippen LogP contribution in [0.4, 0.5) is 0 Å². The summed E-state index contributed by atoms with van der Waals surface area (Å²) in [6.07, 6.45) is 3.32. The van der Waals surface area contributed by atoms with Gasteiger partial charge in [-0.05, 0) is 0 Å². The van der Waals surface area contributed by atoms with Gasteiger partial charge in [0.15, 0.2) is 0 Å². The molecule has 0 saturated heterocycles. The molecule has 0 spiro atoms. The van der Waals surface area contributed by atoms with Crippen LogP contribution in [0.5, 0.6) is 0 Å². The van der Waals surface area contributed by atoms with Crippen molar-refractivity contribution in [2.75, 3.05) is 0 Å². The minimum Gasteiger partial charge on any atom is -0.281 e. The van der Waals surface area contributed by atoms with Crippen LogP contribution < -0.4 is 5.84 Å². The fourth-order valence-corrected chi connectivity index (χ4v) is 1.60. The van der Waals surface area contributed by atoms with E-state index in [4.69, 9.17) is 5.84 Å². The summed E-state index contributed by atoms with van der Waals surface area (Å²) in [7, 11) is 0. The van der Waals surface area contributed by atoms with Gasteiger partial charge < -0.3 is 0 Å². The lowest BCUT2D eigenvalue weighted by Crippen LogP contribution is -2.39. The fourth-order valence-electron chi connectivity index (χ4n) is 0.850. The highest BCUT2D eigenvalue weighted by atomic mass is 32.2. The second-order valence-corrected chi connectivity index (χ2v) is 2.92. The van der Waals surface area contributed by atoms with Crippen LogP contribution >= 0.6 is 11.8 Å². The van der Waals surface area contributed by atoms with Gasteiger partial charge in [0.25, 0.3) is 0 Å². The number of fused-ring (bicyclic) bond motifs is 1. The zero-order valence-corrected chi connectivity index (χ0v) is 5.95. The van der Waals surface area contributed by atoms with Crippen LogP contribution in [0.25, 0.3) is 0 Å². The third kappa shape index (κ3) is 0.748. The molecule has 0 radical (unpaired) electrons. The van der Waals surface area contributed by atoms with E-state index in [0.29, 0.717) is 0 Å². The number of nitrogens with zero attached hydrogens (tertiary/aromatic N) is 3. The predicted octanol–water partition coefficient (Wildman–Crippen LogP) is 0.147. The van der Waals surface area contributed by atoms with Crippen molar-refractivity contribution in [3.8, 4) is 0 Å². The fraction of sp³-hybridized carbons (Fsp3) is 0.200. The lowest BCUT2D eigenvalue weighted by Gasteiger charge is -2.21. The first kappa shape index (κ1) is 5.94. The number of hydrogen-bond donors (Lipinski definition) is 1. The van der Waals surface area contributed by atoms with Crippen molar-refractivity contribution < 1.29 is 0 Å². The molecular weight excluding hydrogens is 148 g/mol. The van der Waals surface area contributed by atoms with Crippen LogP contribution in [0.1, 0.15) is 0 Å². The lowest BCUT2D eigenvalue weighted by molar-refractivity contribution is 0.455. The van der Waals surface area contributed by atoms with Crippen LogP contribution in [0.15, 0.2) is 21.9 Å². The Morgan fingerprint density at radius 2 is 2.60 bits per heavy atom. The normalized spacial score (nSPS) is 28.7. The highest BCUT2D eigenvalue weighted by Crippen LogP contribution is 2.27. The predicted molar refractivity (Wildman–Crippen MR) is 42.5 cm³/mol. The molecule has 0 saturated carbocycles. The molecule has 2 aliphatic heterocycles. The molecule has 0 aliphatic carbocycles. The molecule has 0 aromatic carbocycles. The van der Waals surface area contributed by atoms with Gasteiger partial charge in [-0.25, -0.2) is 15.8 Å². The van der Waals surface area contributed by atoms with Crippen molar-refractivity contribution in [1.82, 2.24) is 5.01 Å². The van der Waals surface area contributed by atoms with Crippen molar-refractivity contribution in [1.29, 1.82) is 0 Å². The van der Waals surface area contributed by atoms with E-state index in [1.807, 2.05) is 0 Å². The van der Waals surface area contributed by atoms with E-state index >= 15 is 0 Å². The molecule has 10 heavy (non-hydrogen) atoms. The van der Waals surface area contributed by atoms with Gasteiger partial charge in [0.05, 0.1) is 17.4 Å². The summed E-state index contributed by atoms with van der Waals surface area (Å²) in [6, 6.07) is 0. The van der Waals surface area contributed by atoms with Crippen LogP contribution in [-0.4, -0.2) is 22.3 Å². The molecule has 0 amide bonds. The Bertz CT molecular complexity index is 232. The number of aliphatic imine (C=N–C) groups is 2. The summed E-state index contributed by atoms with van der Waals surface area (Å²) in [5.74, 6) is 5.56. The molecule has 0 bridgehead atoms. The number of thioether (sulfide) groups is 1. The molecule has 2 rings (SSSR count). The minimum atomic E-state index is 0.150. The highest BCUT2D eigenvalue weighted by molar-refractivity contribution is 8.13. The van der Waals surface area contributed by atoms with Crippen molar-refractivity contribution in [3.63, 3.8) is 0 Å². The van der Waals surface area contributed by atoms with Crippen molar-refractivity contribution >= 4 is 23.6 Å². The van der Waals surface area contributed by atoms with Gasteiger partial charge in [0, 0.05) is 0 Å². The third-order valence-corrected chi connectivity index (χ3v) is 2.29. The molecule has 2 aliphatic rings. The van der Waals surface area contributed by atoms with E-state index in [2.05, 4.69) is 9.98 Å². The third-order valence-electron chi connectivity index (χ3n) is 1.32. The first-order chi connectivity index (χ1) is 4.88. The second-order valence-electron chi connectivity index (χ2n) is 1.99. The Morgan fingerprint density at radius 1 is 1.70 bits per heavy atom. The van der Waals surface area contributed by atoms with E-state index < -0.39 is 0 Å². The smallest absolute Gasteiger partial charge is 0.140 e. The number of nitrogens with two attached hydrogens (primary N) is 1. The molecule has 0 aromatic heterocycles. The van der Waals surface area contributed by atoms with Crippen molar-refractivity contribution in [2.45, 2.75) is 5.37 Å². The maximum Gasteiger partial charge on any atom is 0.140 e. The summed E-state index contributed by atoms with van der Waals surface area (Å²) < 4.78 is 0. The zero-order valence-electron chi connectivity index (χ0n) is 5.14. The largest absolute Gasteiger partial charge is 0.281 e. The molecule has 0 aromatic rings. The van der Waals surface area contributed by atoms with Gasteiger partial charge in [-0.15, -0.1) is 0 Å². The Labute approximate surface area is 62.5 Å². The maximum absolute atomic E-state index is 5.56. The van der Waals surface area contributed by atoms with E-state index in [1.54, 1.807) is 34.9 Å². The monoisotopic (exact) mass is 154 g/mol. The average molecular weight is 154 g/mol. The average Bonchev–Trinajstić information content (AvgIpc) is 2.36. The molecule has 1 atom stereocenters. The summed E-state index contributed by atoms with van der Waals surface area (Å²) in [5, 5.41) is 1.70. The maximum atomic E-state index is 5.56. The molecular formula is C5H6N4S. The van der Waals surface area contributed by atoms with E-state index in [-0.39, 0.29) is 5.37 Å². The Balaban J connectivity index is 2.31. The molecule has 4 nitrogen and oxygen atoms in total. The summed E-state index contributed by atoms with van der Waals surface area (Å²) in [6.45, 7) is 0. The number of hydrogen-bond acceptors (Lipinski definition) is 5. The second kappa shape index (κ2) is 2.10. The van der Waals surface area contributed by atoms with Gasteiger partial charge in [-0.1, -0.05) is 11.8 Å². The van der Waals surface area contributed by atoms with Crippen LogP contribution in [0.2, 0.25) is 0 Å². The highest BCUT2D eigenvalue weighted by Gasteiger charge is 2.24. The van der Waals surface area contributed by atoms with Crippen LogP contribution in [0, 0.1) is 0 Å². The summed E-state index contributed by atoms with van der Waals surface area (Å²) in [4.78, 5) is 7.96. The van der Waals surface area contributed by atoms with E-state index in [0.717, 1.165) is 5.70 Å². The Kier molecular flexibility index (Phi) is 1.25. The molecule has 52 valence electrons. The SMILES string of the molecule is NN1C=NC=C2N=CSC21. The van der Waals surface area contributed by atoms with Gasteiger partial charge in [0.1, 0.15) is 11.7 Å². The molecule has 0 fully saturated rings. The van der Waals surface area contributed by atoms with Crippen molar-refractivity contribution in [3.05, 3.63) is 11.9 Å². The summed E-state index contributed by atoms with van der Waals surface area (Å²) in [5.41, 5.74) is 2.71. The molecule has 1 unspecified atom stereocenters. The quantitative estimate of drug-likeness (QED) is 0.505. The first-order valence-corrected chi connectivity index (χ1v) is 3.76. The Morgan fingerprint density at radius 3 is 3.40 bits per heavy atom. The van der Waals surface area contributed by atoms with Gasteiger partial charge in [-0.2, -0.15) is 0 Å². The number of rotatable bonds is 0. The van der Waals surface area contributed by atoms with Crippen LogP contribution in [-0.2, 0) is 0 Å². The number of hydrazine groups is 1. The topological polar surface area (TPSA) is 54.0 Å².